The van der Waals surface area contributed by atoms with Gasteiger partial charge in [-0.3, -0.25) is 9.89 Å². The Morgan fingerprint density at radius 3 is 2.84 bits per heavy atom. The summed E-state index contributed by atoms with van der Waals surface area (Å²) in [5, 5.41) is 6.54. The summed E-state index contributed by atoms with van der Waals surface area (Å²) in [4.78, 5) is 25.6. The van der Waals surface area contributed by atoms with Crippen molar-refractivity contribution in [3.8, 4) is 5.75 Å². The number of aromatic nitrogens is 4. The third kappa shape index (κ3) is 5.07. The number of hydrogen-bond acceptors (Lipinski definition) is 7. The van der Waals surface area contributed by atoms with Crippen LogP contribution in [0.4, 0.5) is 11.8 Å². The summed E-state index contributed by atoms with van der Waals surface area (Å²) >= 11 is 0. The van der Waals surface area contributed by atoms with Crippen LogP contribution in [0.1, 0.15) is 48.5 Å². The molecule has 2 aromatic heterocycles. The fraction of sp³-hybridized carbons (Fsp3) is 0.417. The Morgan fingerprint density at radius 1 is 1.31 bits per heavy atom. The van der Waals surface area contributed by atoms with Crippen molar-refractivity contribution in [2.75, 3.05) is 36.5 Å². The van der Waals surface area contributed by atoms with Gasteiger partial charge in [0.1, 0.15) is 17.7 Å². The molecule has 1 aromatic carbocycles. The standard InChI is InChI=1S/C24H30N6O2/c1-4-29(3)24-25-11-9-23(28-24)30-12-10-21(16-30)32-20-7-5-18(6-8-20)17(2)13-22(31)19-14-26-27-15-19/h5-9,11,14-15,17,21H,4,10,12-13,16H2,1-3H3,(H,26,27)/t17-,21?/m1/s1. The van der Waals surface area contributed by atoms with Gasteiger partial charge in [-0.1, -0.05) is 19.1 Å². The molecule has 0 spiro atoms. The zero-order valence-corrected chi connectivity index (χ0v) is 18.9. The van der Waals surface area contributed by atoms with Gasteiger partial charge in [0.2, 0.25) is 5.95 Å². The van der Waals surface area contributed by atoms with Crippen LogP contribution in [0, 0.1) is 0 Å². The zero-order chi connectivity index (χ0) is 22.5. The lowest BCUT2D eigenvalue weighted by Gasteiger charge is -2.20. The molecule has 3 aromatic rings. The second kappa shape index (κ2) is 9.80. The van der Waals surface area contributed by atoms with Gasteiger partial charge in [0.05, 0.1) is 18.3 Å². The first-order chi connectivity index (χ1) is 15.5. The van der Waals surface area contributed by atoms with Crippen LogP contribution in [0.3, 0.4) is 0 Å². The molecule has 0 radical (unpaired) electrons. The molecule has 0 aliphatic carbocycles. The van der Waals surface area contributed by atoms with Crippen LogP contribution < -0.4 is 14.5 Å². The normalized spacial score (nSPS) is 16.7. The molecule has 1 aliphatic rings. The Kier molecular flexibility index (Phi) is 6.68. The number of rotatable bonds is 9. The number of ether oxygens (including phenoxy) is 1. The number of ketones is 1. The Hall–Kier alpha value is -3.42. The molecule has 1 unspecified atom stereocenters. The Labute approximate surface area is 188 Å². The molecule has 8 nitrogen and oxygen atoms in total. The summed E-state index contributed by atoms with van der Waals surface area (Å²) < 4.78 is 6.23. The fourth-order valence-corrected chi connectivity index (χ4v) is 3.86. The molecule has 2 atom stereocenters. The number of nitrogens with zero attached hydrogens (tertiary/aromatic N) is 5. The number of hydrogen-bond donors (Lipinski definition) is 1. The van der Waals surface area contributed by atoms with Crippen LogP contribution in [-0.4, -0.2) is 58.7 Å². The van der Waals surface area contributed by atoms with Crippen LogP contribution >= 0.6 is 0 Å². The van der Waals surface area contributed by atoms with Gasteiger partial charge >= 0.3 is 0 Å². The van der Waals surface area contributed by atoms with Crippen molar-refractivity contribution >= 4 is 17.5 Å². The van der Waals surface area contributed by atoms with E-state index in [0.29, 0.717) is 12.0 Å². The first-order valence-corrected chi connectivity index (χ1v) is 11.1. The van der Waals surface area contributed by atoms with Gasteiger partial charge in [0.25, 0.3) is 0 Å². The van der Waals surface area contributed by atoms with Gasteiger partial charge in [0.15, 0.2) is 5.78 Å². The highest BCUT2D eigenvalue weighted by atomic mass is 16.5. The minimum Gasteiger partial charge on any atom is -0.489 e. The predicted octanol–water partition coefficient (Wildman–Crippen LogP) is 3.69. The van der Waals surface area contributed by atoms with Gasteiger partial charge in [-0.15, -0.1) is 0 Å². The van der Waals surface area contributed by atoms with E-state index in [1.807, 2.05) is 48.5 Å². The molecule has 4 rings (SSSR count). The van der Waals surface area contributed by atoms with E-state index in [4.69, 9.17) is 9.72 Å². The maximum atomic E-state index is 12.3. The molecule has 1 N–H and O–H groups in total. The summed E-state index contributed by atoms with van der Waals surface area (Å²) in [6.45, 7) is 6.71. The van der Waals surface area contributed by atoms with Gasteiger partial charge in [-0.05, 0) is 36.6 Å². The molecule has 8 heteroatoms. The smallest absolute Gasteiger partial charge is 0.226 e. The number of nitrogens with one attached hydrogen (secondary N) is 1. The molecular weight excluding hydrogens is 404 g/mol. The van der Waals surface area contributed by atoms with Crippen molar-refractivity contribution in [2.45, 2.75) is 38.7 Å². The molecule has 1 aliphatic heterocycles. The first kappa shape index (κ1) is 21.8. The van der Waals surface area contributed by atoms with Crippen molar-refractivity contribution in [3.05, 3.63) is 60.0 Å². The summed E-state index contributed by atoms with van der Waals surface area (Å²) in [5.41, 5.74) is 1.75. The van der Waals surface area contributed by atoms with Gasteiger partial charge in [0, 0.05) is 45.4 Å². The molecule has 1 fully saturated rings. The lowest BCUT2D eigenvalue weighted by atomic mass is 9.94. The maximum Gasteiger partial charge on any atom is 0.226 e. The van der Waals surface area contributed by atoms with E-state index in [1.165, 1.54) is 0 Å². The SMILES string of the molecule is CCN(C)c1nccc(N2CCC(Oc3ccc([C@H](C)CC(=O)c4cn[nH]c4)cc3)C2)n1. The molecule has 0 bridgehead atoms. The van der Waals surface area contributed by atoms with Crippen molar-refractivity contribution in [3.63, 3.8) is 0 Å². The quantitative estimate of drug-likeness (QED) is 0.514. The van der Waals surface area contributed by atoms with Crippen molar-refractivity contribution in [1.29, 1.82) is 0 Å². The molecule has 32 heavy (non-hydrogen) atoms. The highest BCUT2D eigenvalue weighted by molar-refractivity contribution is 5.96. The maximum absolute atomic E-state index is 12.3. The summed E-state index contributed by atoms with van der Waals surface area (Å²) in [6.07, 6.45) is 6.53. The Bertz CT molecular complexity index is 1020. The largest absolute Gasteiger partial charge is 0.489 e. The number of carbonyl (C=O) groups is 1. The summed E-state index contributed by atoms with van der Waals surface area (Å²) in [5.74, 6) is 2.75. The van der Waals surface area contributed by atoms with Crippen LogP contribution in [-0.2, 0) is 0 Å². The van der Waals surface area contributed by atoms with E-state index in [1.54, 1.807) is 12.4 Å². The van der Waals surface area contributed by atoms with Gasteiger partial charge < -0.3 is 14.5 Å². The summed E-state index contributed by atoms with van der Waals surface area (Å²) in [7, 11) is 1.99. The molecular formula is C24H30N6O2. The van der Waals surface area contributed by atoms with E-state index in [9.17, 15) is 4.79 Å². The monoisotopic (exact) mass is 434 g/mol. The van der Waals surface area contributed by atoms with E-state index in [-0.39, 0.29) is 17.8 Å². The fourth-order valence-electron chi connectivity index (χ4n) is 3.86. The third-order valence-corrected chi connectivity index (χ3v) is 5.98. The highest BCUT2D eigenvalue weighted by Crippen LogP contribution is 2.26. The lowest BCUT2D eigenvalue weighted by molar-refractivity contribution is 0.0975. The first-order valence-electron chi connectivity index (χ1n) is 11.1. The highest BCUT2D eigenvalue weighted by Gasteiger charge is 2.25. The third-order valence-electron chi connectivity index (χ3n) is 5.98. The van der Waals surface area contributed by atoms with Crippen molar-refractivity contribution < 1.29 is 9.53 Å². The zero-order valence-electron chi connectivity index (χ0n) is 18.9. The van der Waals surface area contributed by atoms with Gasteiger partial charge in [-0.25, -0.2) is 4.98 Å². The molecule has 0 amide bonds. The minimum absolute atomic E-state index is 0.0932. The number of benzene rings is 1. The van der Waals surface area contributed by atoms with Crippen LogP contribution in [0.5, 0.6) is 5.75 Å². The minimum atomic E-state index is 0.0932. The van der Waals surface area contributed by atoms with Crippen molar-refractivity contribution in [1.82, 2.24) is 20.2 Å². The Morgan fingerprint density at radius 2 is 2.12 bits per heavy atom. The Balaban J connectivity index is 1.32. The van der Waals surface area contributed by atoms with E-state index < -0.39 is 0 Å². The second-order valence-corrected chi connectivity index (χ2v) is 8.29. The number of Topliss-reactive ketones (excluding diaryl/α,β-unsaturated/α-hetero) is 1. The van der Waals surface area contributed by atoms with Crippen molar-refractivity contribution in [2.24, 2.45) is 0 Å². The van der Waals surface area contributed by atoms with Crippen LogP contribution in [0.2, 0.25) is 0 Å². The second-order valence-electron chi connectivity index (χ2n) is 8.29. The predicted molar refractivity (Wildman–Crippen MR) is 125 cm³/mol. The molecule has 3 heterocycles. The molecule has 168 valence electrons. The number of aromatic amines is 1. The van der Waals surface area contributed by atoms with E-state index in [0.717, 1.165) is 49.1 Å². The van der Waals surface area contributed by atoms with Gasteiger partial charge in [-0.2, -0.15) is 10.1 Å². The van der Waals surface area contributed by atoms with Crippen LogP contribution in [0.25, 0.3) is 0 Å². The lowest BCUT2D eigenvalue weighted by Crippen LogP contribution is -2.26. The molecule has 0 saturated carbocycles. The number of anilines is 2. The topological polar surface area (TPSA) is 87.2 Å². The average molecular weight is 435 g/mol. The van der Waals surface area contributed by atoms with Crippen LogP contribution in [0.15, 0.2) is 48.9 Å². The number of carbonyl (C=O) groups excluding carboxylic acids is 1. The number of H-pyrrole nitrogens is 1. The van der Waals surface area contributed by atoms with E-state index in [2.05, 4.69) is 33.9 Å². The molecule has 1 saturated heterocycles. The van der Waals surface area contributed by atoms with E-state index >= 15 is 0 Å². The average Bonchev–Trinajstić information content (AvgIpc) is 3.52. The summed E-state index contributed by atoms with van der Waals surface area (Å²) in [6, 6.07) is 10.0.